The highest BCUT2D eigenvalue weighted by Gasteiger charge is 2.25. The van der Waals surface area contributed by atoms with Crippen molar-refractivity contribution in [2.75, 3.05) is 13.4 Å². The molecule has 0 aliphatic rings. The third-order valence-electron chi connectivity index (χ3n) is 2.59. The Balaban J connectivity index is 3.32. The van der Waals surface area contributed by atoms with Crippen LogP contribution in [0.5, 0.6) is 0 Å². The molecule has 0 N–H and O–H groups in total. The molecule has 0 fully saturated rings. The van der Waals surface area contributed by atoms with Crippen LogP contribution in [0.25, 0.3) is 0 Å². The Morgan fingerprint density at radius 2 is 1.91 bits per heavy atom. The molecule has 1 aromatic carbocycles. The number of benzene rings is 1. The zero-order valence-corrected chi connectivity index (χ0v) is 13.1. The second-order valence-electron chi connectivity index (χ2n) is 4.16. The molecule has 0 aliphatic carbocycles. The Hall–Kier alpha value is -1.32. The van der Waals surface area contributed by atoms with E-state index in [1.807, 2.05) is 0 Å². The second-order valence-corrected chi connectivity index (χ2v) is 6.53. The first-order valence-electron chi connectivity index (χ1n) is 5.73. The Bertz CT molecular complexity index is 663. The fourth-order valence-electron chi connectivity index (χ4n) is 1.59. The summed E-state index contributed by atoms with van der Waals surface area (Å²) < 4.78 is 69.1. The van der Waals surface area contributed by atoms with Crippen LogP contribution < -0.4 is 0 Å². The van der Waals surface area contributed by atoms with Gasteiger partial charge in [0.25, 0.3) is 12.8 Å². The van der Waals surface area contributed by atoms with Crippen molar-refractivity contribution in [3.63, 3.8) is 0 Å². The van der Waals surface area contributed by atoms with Gasteiger partial charge in [-0.3, -0.25) is 0 Å². The predicted molar refractivity (Wildman–Crippen MR) is 71.6 cm³/mol. The van der Waals surface area contributed by atoms with E-state index in [0.717, 1.165) is 25.5 Å². The minimum absolute atomic E-state index is 0.192. The number of ether oxygens (including phenoxy) is 2. The standard InChI is InChI=1S/C12H12ClF3O5S/c1-20-12(17)6-3-4-8(22(2,18)19)7(9(6)13)5-21-11(16)10(14)15/h3-4,10-11H,5H2,1-2H3. The van der Waals surface area contributed by atoms with Gasteiger partial charge in [-0.15, -0.1) is 0 Å². The molecule has 1 aromatic rings. The lowest BCUT2D eigenvalue weighted by Gasteiger charge is -2.15. The van der Waals surface area contributed by atoms with E-state index < -0.39 is 35.2 Å². The topological polar surface area (TPSA) is 69.7 Å². The number of alkyl halides is 3. The number of methoxy groups -OCH3 is 1. The van der Waals surface area contributed by atoms with Crippen molar-refractivity contribution in [3.05, 3.63) is 28.3 Å². The lowest BCUT2D eigenvalue weighted by atomic mass is 10.1. The van der Waals surface area contributed by atoms with E-state index in [0.29, 0.717) is 0 Å². The number of sulfone groups is 1. The third kappa shape index (κ3) is 4.34. The molecule has 22 heavy (non-hydrogen) atoms. The first kappa shape index (κ1) is 18.7. The molecule has 0 heterocycles. The highest BCUT2D eigenvalue weighted by Crippen LogP contribution is 2.30. The summed E-state index contributed by atoms with van der Waals surface area (Å²) in [6.45, 7) is -0.850. The van der Waals surface area contributed by atoms with Gasteiger partial charge in [-0.05, 0) is 12.1 Å². The monoisotopic (exact) mass is 360 g/mol. The van der Waals surface area contributed by atoms with Gasteiger partial charge in [-0.25, -0.2) is 26.4 Å². The molecular formula is C12H12ClF3O5S. The van der Waals surface area contributed by atoms with Crippen molar-refractivity contribution in [2.45, 2.75) is 24.3 Å². The zero-order chi connectivity index (χ0) is 17.1. The number of halogens is 4. The maximum atomic E-state index is 12.8. The Morgan fingerprint density at radius 3 is 2.36 bits per heavy atom. The van der Waals surface area contributed by atoms with Gasteiger partial charge in [0.05, 0.1) is 29.2 Å². The summed E-state index contributed by atoms with van der Waals surface area (Å²) in [5.74, 6) is -0.864. The molecule has 0 radical (unpaired) electrons. The quantitative estimate of drug-likeness (QED) is 0.729. The van der Waals surface area contributed by atoms with Gasteiger partial charge in [0.1, 0.15) is 0 Å². The number of carbonyl (C=O) groups excluding carboxylic acids is 1. The van der Waals surface area contributed by atoms with Crippen molar-refractivity contribution < 1.29 is 35.9 Å². The number of rotatable bonds is 6. The van der Waals surface area contributed by atoms with Gasteiger partial charge in [0.2, 0.25) is 0 Å². The molecule has 124 valence electrons. The molecule has 0 bridgehead atoms. The molecule has 0 spiro atoms. The minimum Gasteiger partial charge on any atom is -0.465 e. The van der Waals surface area contributed by atoms with Crippen LogP contribution in [0.4, 0.5) is 13.2 Å². The van der Waals surface area contributed by atoms with Gasteiger partial charge in [-0.1, -0.05) is 11.6 Å². The lowest BCUT2D eigenvalue weighted by Crippen LogP contribution is -2.18. The smallest absolute Gasteiger partial charge is 0.339 e. The highest BCUT2D eigenvalue weighted by atomic mass is 35.5. The van der Waals surface area contributed by atoms with E-state index in [1.165, 1.54) is 0 Å². The number of hydrogen-bond donors (Lipinski definition) is 0. The van der Waals surface area contributed by atoms with Crippen molar-refractivity contribution >= 4 is 27.4 Å². The van der Waals surface area contributed by atoms with Crippen LogP contribution in [0.1, 0.15) is 15.9 Å². The first-order chi connectivity index (χ1) is 10.1. The van der Waals surface area contributed by atoms with E-state index in [4.69, 9.17) is 11.6 Å². The molecule has 0 saturated heterocycles. The minimum atomic E-state index is -3.80. The van der Waals surface area contributed by atoms with Crippen LogP contribution in [0, 0.1) is 0 Å². The van der Waals surface area contributed by atoms with Crippen molar-refractivity contribution in [1.29, 1.82) is 0 Å². The highest BCUT2D eigenvalue weighted by molar-refractivity contribution is 7.90. The maximum Gasteiger partial charge on any atom is 0.339 e. The van der Waals surface area contributed by atoms with Gasteiger partial charge >= 0.3 is 5.97 Å². The Kier molecular flexibility index (Phi) is 6.21. The molecule has 10 heteroatoms. The summed E-state index contributed by atoms with van der Waals surface area (Å²) in [5.41, 5.74) is -0.488. The fraction of sp³-hybridized carbons (Fsp3) is 0.417. The van der Waals surface area contributed by atoms with Crippen LogP contribution >= 0.6 is 11.6 Å². The van der Waals surface area contributed by atoms with E-state index >= 15 is 0 Å². The van der Waals surface area contributed by atoms with E-state index in [-0.39, 0.29) is 21.0 Å². The molecule has 0 amide bonds. The van der Waals surface area contributed by atoms with Crippen LogP contribution in [0.2, 0.25) is 5.02 Å². The number of carbonyl (C=O) groups is 1. The normalized spacial score (nSPS) is 13.2. The van der Waals surface area contributed by atoms with Gasteiger partial charge < -0.3 is 9.47 Å². The van der Waals surface area contributed by atoms with Gasteiger partial charge in [0, 0.05) is 11.8 Å². The Morgan fingerprint density at radius 1 is 1.32 bits per heavy atom. The molecule has 0 aromatic heterocycles. The number of esters is 1. The fourth-order valence-corrected chi connectivity index (χ4v) is 2.87. The van der Waals surface area contributed by atoms with E-state index in [9.17, 15) is 26.4 Å². The molecule has 1 atom stereocenters. The molecular weight excluding hydrogens is 349 g/mol. The third-order valence-corrected chi connectivity index (χ3v) is 4.20. The summed E-state index contributed by atoms with van der Waals surface area (Å²) in [6.07, 6.45) is -5.46. The van der Waals surface area contributed by atoms with Gasteiger partial charge in [0.15, 0.2) is 9.84 Å². The summed E-state index contributed by atoms with van der Waals surface area (Å²) in [6, 6.07) is 2.15. The first-order valence-corrected chi connectivity index (χ1v) is 8.00. The van der Waals surface area contributed by atoms with E-state index in [2.05, 4.69) is 9.47 Å². The Labute approximate surface area is 129 Å². The SMILES string of the molecule is COC(=O)c1ccc(S(C)(=O)=O)c(COC(F)C(F)F)c1Cl. The summed E-state index contributed by atoms with van der Waals surface area (Å²) in [7, 11) is -2.72. The molecule has 0 saturated carbocycles. The summed E-state index contributed by atoms with van der Waals surface area (Å²) in [5, 5.41) is -0.365. The van der Waals surface area contributed by atoms with Crippen LogP contribution in [-0.2, 0) is 25.9 Å². The van der Waals surface area contributed by atoms with Gasteiger partial charge in [-0.2, -0.15) is 0 Å². The molecule has 1 rings (SSSR count). The lowest BCUT2D eigenvalue weighted by molar-refractivity contribution is -0.135. The largest absolute Gasteiger partial charge is 0.465 e. The van der Waals surface area contributed by atoms with Crippen molar-refractivity contribution in [2.24, 2.45) is 0 Å². The molecule has 5 nitrogen and oxygen atoms in total. The predicted octanol–water partition coefficient (Wildman–Crippen LogP) is 2.61. The zero-order valence-electron chi connectivity index (χ0n) is 11.5. The number of hydrogen-bond acceptors (Lipinski definition) is 5. The molecule has 1 unspecified atom stereocenters. The van der Waals surface area contributed by atoms with Crippen molar-refractivity contribution in [1.82, 2.24) is 0 Å². The van der Waals surface area contributed by atoms with Crippen LogP contribution in [0.3, 0.4) is 0 Å². The second kappa shape index (κ2) is 7.30. The average Bonchev–Trinajstić information content (AvgIpc) is 2.43. The summed E-state index contributed by atoms with van der Waals surface area (Å²) >= 11 is 5.90. The average molecular weight is 361 g/mol. The summed E-state index contributed by atoms with van der Waals surface area (Å²) in [4.78, 5) is 11.1. The maximum absolute atomic E-state index is 12.8. The van der Waals surface area contributed by atoms with Crippen LogP contribution in [-0.4, -0.2) is 40.5 Å². The molecule has 0 aliphatic heterocycles. The van der Waals surface area contributed by atoms with E-state index in [1.54, 1.807) is 0 Å². The van der Waals surface area contributed by atoms with Crippen LogP contribution in [0.15, 0.2) is 17.0 Å². The van der Waals surface area contributed by atoms with Crippen molar-refractivity contribution in [3.8, 4) is 0 Å².